The SMILES string of the molecule is N[C@@H](CCCO)Cc1ccccc1. The lowest BCUT2D eigenvalue weighted by Crippen LogP contribution is -2.22. The summed E-state index contributed by atoms with van der Waals surface area (Å²) in [6, 6.07) is 10.4. The van der Waals surface area contributed by atoms with Gasteiger partial charge in [-0.2, -0.15) is 0 Å². The van der Waals surface area contributed by atoms with Crippen LogP contribution in [0.3, 0.4) is 0 Å². The molecule has 0 spiro atoms. The van der Waals surface area contributed by atoms with Crippen molar-refractivity contribution in [2.24, 2.45) is 5.73 Å². The minimum Gasteiger partial charge on any atom is -0.396 e. The van der Waals surface area contributed by atoms with E-state index in [0.717, 1.165) is 19.3 Å². The van der Waals surface area contributed by atoms with E-state index >= 15 is 0 Å². The Morgan fingerprint density at radius 2 is 1.92 bits per heavy atom. The van der Waals surface area contributed by atoms with E-state index in [1.807, 2.05) is 18.2 Å². The summed E-state index contributed by atoms with van der Waals surface area (Å²) < 4.78 is 0. The van der Waals surface area contributed by atoms with Gasteiger partial charge >= 0.3 is 0 Å². The zero-order valence-electron chi connectivity index (χ0n) is 7.82. The minimum absolute atomic E-state index is 0.176. The molecule has 0 saturated carbocycles. The van der Waals surface area contributed by atoms with Gasteiger partial charge in [-0.1, -0.05) is 30.3 Å². The molecule has 0 aliphatic heterocycles. The van der Waals surface area contributed by atoms with Gasteiger partial charge < -0.3 is 10.8 Å². The van der Waals surface area contributed by atoms with Gasteiger partial charge in [0.15, 0.2) is 0 Å². The molecule has 0 bridgehead atoms. The van der Waals surface area contributed by atoms with Crippen molar-refractivity contribution in [3.05, 3.63) is 35.9 Å². The molecule has 13 heavy (non-hydrogen) atoms. The fourth-order valence-electron chi connectivity index (χ4n) is 1.37. The van der Waals surface area contributed by atoms with E-state index in [0.29, 0.717) is 0 Å². The molecule has 0 aromatic heterocycles. The van der Waals surface area contributed by atoms with Crippen molar-refractivity contribution in [2.45, 2.75) is 25.3 Å². The number of hydrogen-bond acceptors (Lipinski definition) is 2. The molecule has 0 heterocycles. The maximum Gasteiger partial charge on any atom is 0.0431 e. The highest BCUT2D eigenvalue weighted by atomic mass is 16.2. The van der Waals surface area contributed by atoms with Crippen LogP contribution in [-0.2, 0) is 6.42 Å². The lowest BCUT2D eigenvalue weighted by molar-refractivity contribution is 0.279. The van der Waals surface area contributed by atoms with Crippen LogP contribution in [0.5, 0.6) is 0 Å². The van der Waals surface area contributed by atoms with Crippen molar-refractivity contribution in [3.8, 4) is 0 Å². The van der Waals surface area contributed by atoms with Crippen LogP contribution < -0.4 is 5.73 Å². The highest BCUT2D eigenvalue weighted by Gasteiger charge is 2.02. The van der Waals surface area contributed by atoms with Crippen molar-refractivity contribution >= 4 is 0 Å². The summed E-state index contributed by atoms with van der Waals surface area (Å²) in [5, 5.41) is 8.63. The van der Waals surface area contributed by atoms with E-state index in [1.165, 1.54) is 5.56 Å². The minimum atomic E-state index is 0.176. The highest BCUT2D eigenvalue weighted by molar-refractivity contribution is 5.15. The largest absolute Gasteiger partial charge is 0.396 e. The summed E-state index contributed by atoms with van der Waals surface area (Å²) in [4.78, 5) is 0. The maximum absolute atomic E-state index is 8.63. The average molecular weight is 179 g/mol. The van der Waals surface area contributed by atoms with Gasteiger partial charge in [0, 0.05) is 12.6 Å². The maximum atomic E-state index is 8.63. The Kier molecular flexibility index (Phi) is 4.50. The third-order valence-electron chi connectivity index (χ3n) is 2.07. The standard InChI is InChI=1S/C11H17NO/c12-11(7-4-8-13)9-10-5-2-1-3-6-10/h1-3,5-6,11,13H,4,7-9,12H2/t11-/m0/s1. The average Bonchev–Trinajstić information content (AvgIpc) is 2.16. The zero-order valence-corrected chi connectivity index (χ0v) is 7.82. The molecule has 2 nitrogen and oxygen atoms in total. The number of nitrogens with two attached hydrogens (primary N) is 1. The van der Waals surface area contributed by atoms with Gasteiger partial charge in [-0.25, -0.2) is 0 Å². The molecule has 1 aromatic rings. The molecule has 0 saturated heterocycles. The molecule has 0 fully saturated rings. The molecule has 0 aliphatic carbocycles. The van der Waals surface area contributed by atoms with Crippen molar-refractivity contribution in [3.63, 3.8) is 0 Å². The first-order valence-corrected chi connectivity index (χ1v) is 4.73. The number of benzene rings is 1. The number of rotatable bonds is 5. The van der Waals surface area contributed by atoms with E-state index in [2.05, 4.69) is 12.1 Å². The van der Waals surface area contributed by atoms with Crippen LogP contribution in [-0.4, -0.2) is 17.8 Å². The first-order chi connectivity index (χ1) is 6.33. The van der Waals surface area contributed by atoms with E-state index in [9.17, 15) is 0 Å². The second kappa shape index (κ2) is 5.73. The molecule has 2 heteroatoms. The fraction of sp³-hybridized carbons (Fsp3) is 0.455. The summed E-state index contributed by atoms with van der Waals surface area (Å²) in [7, 11) is 0. The molecule has 0 radical (unpaired) electrons. The smallest absolute Gasteiger partial charge is 0.0431 e. The molecule has 72 valence electrons. The van der Waals surface area contributed by atoms with Crippen molar-refractivity contribution in [2.75, 3.05) is 6.61 Å². The van der Waals surface area contributed by atoms with Crippen molar-refractivity contribution < 1.29 is 5.11 Å². The van der Waals surface area contributed by atoms with Crippen LogP contribution in [0, 0.1) is 0 Å². The van der Waals surface area contributed by atoms with E-state index in [1.54, 1.807) is 0 Å². The summed E-state index contributed by atoms with van der Waals surface area (Å²) in [5.41, 5.74) is 7.15. The summed E-state index contributed by atoms with van der Waals surface area (Å²) in [6.45, 7) is 0.239. The quantitative estimate of drug-likeness (QED) is 0.716. The van der Waals surface area contributed by atoms with Crippen molar-refractivity contribution in [1.82, 2.24) is 0 Å². The summed E-state index contributed by atoms with van der Waals surface area (Å²) in [5.74, 6) is 0. The summed E-state index contributed by atoms with van der Waals surface area (Å²) >= 11 is 0. The number of aliphatic hydroxyl groups excluding tert-OH is 1. The highest BCUT2D eigenvalue weighted by Crippen LogP contribution is 2.05. The van der Waals surface area contributed by atoms with Gasteiger partial charge in [0.2, 0.25) is 0 Å². The third-order valence-corrected chi connectivity index (χ3v) is 2.07. The Morgan fingerprint density at radius 3 is 2.54 bits per heavy atom. The van der Waals surface area contributed by atoms with E-state index in [-0.39, 0.29) is 12.6 Å². The van der Waals surface area contributed by atoms with E-state index in [4.69, 9.17) is 10.8 Å². The Morgan fingerprint density at radius 1 is 1.23 bits per heavy atom. The predicted molar refractivity (Wildman–Crippen MR) is 54.4 cm³/mol. The first-order valence-electron chi connectivity index (χ1n) is 4.73. The Labute approximate surface area is 79.4 Å². The molecular weight excluding hydrogens is 162 g/mol. The Balaban J connectivity index is 2.32. The van der Waals surface area contributed by atoms with Crippen LogP contribution in [0.25, 0.3) is 0 Å². The molecule has 0 amide bonds. The summed E-state index contributed by atoms with van der Waals surface area (Å²) in [6.07, 6.45) is 2.60. The molecule has 0 aliphatic rings. The number of hydrogen-bond donors (Lipinski definition) is 2. The molecule has 1 atom stereocenters. The van der Waals surface area contributed by atoms with Crippen LogP contribution in [0.2, 0.25) is 0 Å². The van der Waals surface area contributed by atoms with Gasteiger partial charge in [0.05, 0.1) is 0 Å². The Hall–Kier alpha value is -0.860. The lowest BCUT2D eigenvalue weighted by Gasteiger charge is -2.10. The van der Waals surface area contributed by atoms with Crippen molar-refractivity contribution in [1.29, 1.82) is 0 Å². The van der Waals surface area contributed by atoms with Gasteiger partial charge in [-0.15, -0.1) is 0 Å². The van der Waals surface area contributed by atoms with Crippen LogP contribution in [0.15, 0.2) is 30.3 Å². The zero-order chi connectivity index (χ0) is 9.52. The van der Waals surface area contributed by atoms with Crippen LogP contribution >= 0.6 is 0 Å². The Bertz CT molecular complexity index is 223. The predicted octanol–water partition coefficient (Wildman–Crippen LogP) is 1.33. The normalized spacial score (nSPS) is 12.8. The molecular formula is C11H17NO. The van der Waals surface area contributed by atoms with Crippen LogP contribution in [0.4, 0.5) is 0 Å². The van der Waals surface area contributed by atoms with E-state index < -0.39 is 0 Å². The fourth-order valence-corrected chi connectivity index (χ4v) is 1.37. The lowest BCUT2D eigenvalue weighted by atomic mass is 10.0. The topological polar surface area (TPSA) is 46.2 Å². The monoisotopic (exact) mass is 179 g/mol. The third kappa shape index (κ3) is 4.06. The first kappa shape index (κ1) is 10.2. The molecule has 3 N–H and O–H groups in total. The van der Waals surface area contributed by atoms with Gasteiger partial charge in [-0.3, -0.25) is 0 Å². The molecule has 1 aromatic carbocycles. The second-order valence-corrected chi connectivity index (χ2v) is 3.32. The van der Waals surface area contributed by atoms with Gasteiger partial charge in [-0.05, 0) is 24.8 Å². The molecule has 1 rings (SSSR count). The second-order valence-electron chi connectivity index (χ2n) is 3.32. The number of aliphatic hydroxyl groups is 1. The van der Waals surface area contributed by atoms with Gasteiger partial charge in [0.1, 0.15) is 0 Å². The van der Waals surface area contributed by atoms with Gasteiger partial charge in [0.25, 0.3) is 0 Å². The van der Waals surface area contributed by atoms with Crippen LogP contribution in [0.1, 0.15) is 18.4 Å². The molecule has 0 unspecified atom stereocenters.